The van der Waals surface area contributed by atoms with E-state index in [2.05, 4.69) is 16.0 Å². The fraction of sp³-hybridized carbons (Fsp3) is 0.483. The maximum Gasteiger partial charge on any atom is 0.242 e. The molecule has 1 aliphatic carbocycles. The summed E-state index contributed by atoms with van der Waals surface area (Å²) in [5.41, 5.74) is 3.03. The Labute approximate surface area is 229 Å². The number of carbonyl (C=O) groups is 2. The Kier molecular flexibility index (Phi) is 10.2. The molecule has 3 N–H and O–H groups in total. The van der Waals surface area contributed by atoms with E-state index in [1.54, 1.807) is 27.4 Å². The minimum absolute atomic E-state index is 0.0973. The van der Waals surface area contributed by atoms with Crippen molar-refractivity contribution in [3.05, 3.63) is 45.6 Å². The molecule has 212 valence electrons. The predicted molar refractivity (Wildman–Crippen MR) is 150 cm³/mol. The second kappa shape index (κ2) is 13.3. The lowest BCUT2D eigenvalue weighted by molar-refractivity contribution is -0.123. The smallest absolute Gasteiger partial charge is 0.242 e. The minimum Gasteiger partial charge on any atom is -0.493 e. The van der Waals surface area contributed by atoms with Gasteiger partial charge in [0.05, 0.1) is 39.7 Å². The molecule has 0 heterocycles. The summed E-state index contributed by atoms with van der Waals surface area (Å²) in [6, 6.07) is 5.87. The summed E-state index contributed by atoms with van der Waals surface area (Å²) in [5, 5.41) is 8.99. The Hall–Kier alpha value is -3.79. The molecule has 2 atom stereocenters. The van der Waals surface area contributed by atoms with Crippen LogP contribution in [0, 0.1) is 5.92 Å². The van der Waals surface area contributed by atoms with Gasteiger partial charge in [0, 0.05) is 26.1 Å². The second-order valence-electron chi connectivity index (χ2n) is 9.75. The van der Waals surface area contributed by atoms with Gasteiger partial charge >= 0.3 is 0 Å². The fourth-order valence-electron chi connectivity index (χ4n) is 4.92. The third kappa shape index (κ3) is 6.62. The quantitative estimate of drug-likeness (QED) is 0.371. The Morgan fingerprint density at radius 2 is 1.74 bits per heavy atom. The van der Waals surface area contributed by atoms with Crippen molar-refractivity contribution in [1.82, 2.24) is 10.6 Å². The molecule has 0 saturated heterocycles. The normalized spacial score (nSPS) is 14.8. The molecule has 0 unspecified atom stereocenters. The largest absolute Gasteiger partial charge is 0.493 e. The number of rotatable bonds is 11. The Bertz CT molecular complexity index is 1260. The number of carbonyl (C=O) groups excluding carboxylic acids is 2. The monoisotopic (exact) mass is 541 g/mol. The van der Waals surface area contributed by atoms with Gasteiger partial charge in [-0.25, -0.2) is 0 Å². The van der Waals surface area contributed by atoms with Gasteiger partial charge in [0.2, 0.25) is 23.0 Å². The summed E-state index contributed by atoms with van der Waals surface area (Å²) in [6.45, 7) is 6.01. The molecular weight excluding hydrogens is 502 g/mol. The van der Waals surface area contributed by atoms with E-state index in [0.717, 1.165) is 16.7 Å². The van der Waals surface area contributed by atoms with E-state index in [0.29, 0.717) is 48.8 Å². The molecule has 2 aromatic carbocycles. The van der Waals surface area contributed by atoms with Crippen molar-refractivity contribution in [2.75, 3.05) is 46.9 Å². The number of hydrogen-bond acceptors (Lipinski definition) is 8. The molecule has 0 aromatic heterocycles. The van der Waals surface area contributed by atoms with Crippen molar-refractivity contribution >= 4 is 17.5 Å². The molecule has 39 heavy (non-hydrogen) atoms. The highest BCUT2D eigenvalue weighted by Crippen LogP contribution is 2.50. The van der Waals surface area contributed by atoms with Crippen molar-refractivity contribution in [3.63, 3.8) is 0 Å². The van der Waals surface area contributed by atoms with Gasteiger partial charge in [-0.3, -0.25) is 14.4 Å². The van der Waals surface area contributed by atoms with E-state index in [4.69, 9.17) is 18.9 Å². The van der Waals surface area contributed by atoms with Crippen molar-refractivity contribution in [2.45, 2.75) is 45.7 Å². The van der Waals surface area contributed by atoms with Crippen LogP contribution in [0.4, 0.5) is 5.69 Å². The van der Waals surface area contributed by atoms with Gasteiger partial charge in [-0.2, -0.15) is 0 Å². The van der Waals surface area contributed by atoms with E-state index in [-0.39, 0.29) is 28.8 Å². The van der Waals surface area contributed by atoms with Gasteiger partial charge in [0.15, 0.2) is 11.5 Å². The number of hydrogen-bond donors (Lipinski definition) is 3. The molecule has 3 rings (SSSR count). The number of methoxy groups -OCH3 is 4. The number of benzene rings is 1. The van der Waals surface area contributed by atoms with Crippen molar-refractivity contribution < 1.29 is 28.5 Å². The molecule has 0 spiro atoms. The van der Waals surface area contributed by atoms with Gasteiger partial charge in [0.25, 0.3) is 0 Å². The minimum atomic E-state index is -0.644. The summed E-state index contributed by atoms with van der Waals surface area (Å²) < 4.78 is 22.1. The first-order valence-corrected chi connectivity index (χ1v) is 13.0. The highest BCUT2D eigenvalue weighted by atomic mass is 16.5. The molecule has 0 saturated carbocycles. The number of fused-ring (bicyclic) bond motifs is 3. The van der Waals surface area contributed by atoms with E-state index >= 15 is 0 Å². The van der Waals surface area contributed by atoms with Gasteiger partial charge in [0.1, 0.15) is 6.04 Å². The average molecular weight is 542 g/mol. The topological polar surface area (TPSA) is 124 Å². The number of nitrogens with one attached hydrogen (secondary N) is 3. The lowest BCUT2D eigenvalue weighted by Gasteiger charge is -2.22. The third-order valence-electron chi connectivity index (χ3n) is 6.78. The van der Waals surface area contributed by atoms with E-state index < -0.39 is 12.1 Å². The Balaban J connectivity index is 2.22. The first-order chi connectivity index (χ1) is 18.7. The number of ether oxygens (including phenoxy) is 4. The number of anilines is 1. The summed E-state index contributed by atoms with van der Waals surface area (Å²) in [5.74, 6) is 0.905. The molecule has 2 amide bonds. The van der Waals surface area contributed by atoms with Crippen molar-refractivity contribution in [2.24, 2.45) is 5.92 Å². The molecular formula is C29H39N3O7. The van der Waals surface area contributed by atoms with Gasteiger partial charge in [-0.15, -0.1) is 0 Å². The van der Waals surface area contributed by atoms with Crippen LogP contribution in [0.1, 0.15) is 44.4 Å². The molecule has 0 bridgehead atoms. The van der Waals surface area contributed by atoms with Crippen LogP contribution in [-0.2, 0) is 20.7 Å². The van der Waals surface area contributed by atoms with Gasteiger partial charge < -0.3 is 34.9 Å². The van der Waals surface area contributed by atoms with Crippen LogP contribution in [-0.4, -0.2) is 59.4 Å². The summed E-state index contributed by atoms with van der Waals surface area (Å²) in [6.07, 6.45) is 1.16. The van der Waals surface area contributed by atoms with Crippen LogP contribution >= 0.6 is 0 Å². The van der Waals surface area contributed by atoms with E-state index in [9.17, 15) is 14.4 Å². The van der Waals surface area contributed by atoms with Gasteiger partial charge in [-0.05, 0) is 53.6 Å². The standard InChI is InChI=1S/C29H39N3O7/c1-16(2)26(29(35)30-12-13-36-4)32-22-11-9-19-20(15-23(22)34)21(31-17(3)33)10-8-18-14-24(37-5)27(38-6)28(39-7)25(18)19/h9,11,14-16,21,26H,8,10,12-13H2,1-7H3,(H,30,35)(H,31,33)(H,32,34)/t21-,26-/m1/s1. The second-order valence-corrected chi connectivity index (χ2v) is 9.75. The van der Waals surface area contributed by atoms with Crippen LogP contribution in [0.15, 0.2) is 29.1 Å². The summed E-state index contributed by atoms with van der Waals surface area (Å²) >= 11 is 0. The lowest BCUT2D eigenvalue weighted by Crippen LogP contribution is -2.44. The van der Waals surface area contributed by atoms with Crippen molar-refractivity contribution in [3.8, 4) is 28.4 Å². The molecule has 10 nitrogen and oxygen atoms in total. The van der Waals surface area contributed by atoms with Gasteiger partial charge in [-0.1, -0.05) is 19.9 Å². The zero-order valence-corrected chi connectivity index (χ0v) is 23.7. The number of aryl methyl sites for hydroxylation is 1. The van der Waals surface area contributed by atoms with Crippen LogP contribution < -0.4 is 35.6 Å². The van der Waals surface area contributed by atoms with E-state index in [1.807, 2.05) is 26.0 Å². The van der Waals surface area contributed by atoms with Crippen LogP contribution in [0.3, 0.4) is 0 Å². The maximum atomic E-state index is 13.6. The van der Waals surface area contributed by atoms with Crippen molar-refractivity contribution in [1.29, 1.82) is 0 Å². The molecule has 2 aromatic rings. The Morgan fingerprint density at radius 1 is 1.03 bits per heavy atom. The van der Waals surface area contributed by atoms with Crippen LogP contribution in [0.25, 0.3) is 11.1 Å². The van der Waals surface area contributed by atoms with Crippen LogP contribution in [0.5, 0.6) is 17.2 Å². The highest BCUT2D eigenvalue weighted by molar-refractivity contribution is 5.86. The van der Waals surface area contributed by atoms with Crippen LogP contribution in [0.2, 0.25) is 0 Å². The zero-order valence-electron chi connectivity index (χ0n) is 23.7. The number of amides is 2. The molecule has 0 fully saturated rings. The average Bonchev–Trinajstić information content (AvgIpc) is 3.14. The first kappa shape index (κ1) is 29.8. The molecule has 0 aliphatic heterocycles. The van der Waals surface area contributed by atoms with E-state index in [1.165, 1.54) is 20.1 Å². The zero-order chi connectivity index (χ0) is 28.7. The lowest BCUT2D eigenvalue weighted by atomic mass is 9.95. The first-order valence-electron chi connectivity index (χ1n) is 13.0. The third-order valence-corrected chi connectivity index (χ3v) is 6.78. The summed E-state index contributed by atoms with van der Waals surface area (Å²) in [4.78, 5) is 38.6. The molecule has 1 aliphatic rings. The fourth-order valence-corrected chi connectivity index (χ4v) is 4.92. The highest BCUT2D eigenvalue weighted by Gasteiger charge is 2.30. The summed E-state index contributed by atoms with van der Waals surface area (Å²) in [7, 11) is 6.22. The molecule has 10 heteroatoms. The SMILES string of the molecule is COCCNC(=O)[C@H](Nc1ccc2c(cc1=O)[C@H](NC(C)=O)CCc1cc(OC)c(OC)c(OC)c1-2)C(C)C. The maximum absolute atomic E-state index is 13.6. The predicted octanol–water partition coefficient (Wildman–Crippen LogP) is 3.06. The molecule has 0 radical (unpaired) electrons. The Morgan fingerprint density at radius 3 is 2.33 bits per heavy atom.